The van der Waals surface area contributed by atoms with Gasteiger partial charge in [0.15, 0.2) is 11.5 Å². The minimum Gasteiger partial charge on any atom is -0.490 e. The molecule has 0 aromatic heterocycles. The maximum Gasteiger partial charge on any atom is 0.175 e. The number of hydrogen-bond acceptors (Lipinski definition) is 3. The van der Waals surface area contributed by atoms with Gasteiger partial charge in [0, 0.05) is 6.42 Å². The van der Waals surface area contributed by atoms with E-state index in [4.69, 9.17) is 15.2 Å². The zero-order valence-electron chi connectivity index (χ0n) is 10.0. The molecule has 0 saturated heterocycles. The van der Waals surface area contributed by atoms with Gasteiger partial charge in [0.05, 0.1) is 17.7 Å². The zero-order chi connectivity index (χ0) is 12.3. The van der Waals surface area contributed by atoms with E-state index in [0.29, 0.717) is 19.1 Å². The second-order valence-electron chi connectivity index (χ2n) is 4.32. The van der Waals surface area contributed by atoms with Crippen LogP contribution in [-0.2, 0) is 0 Å². The van der Waals surface area contributed by atoms with Crippen molar-refractivity contribution >= 4 is 15.9 Å². The van der Waals surface area contributed by atoms with Crippen LogP contribution in [0.1, 0.15) is 31.2 Å². The number of benzene rings is 1. The van der Waals surface area contributed by atoms with Crippen LogP contribution >= 0.6 is 15.9 Å². The summed E-state index contributed by atoms with van der Waals surface area (Å²) < 4.78 is 12.4. The third-order valence-electron chi connectivity index (χ3n) is 3.01. The van der Waals surface area contributed by atoms with E-state index in [2.05, 4.69) is 28.9 Å². The number of rotatable bonds is 3. The highest BCUT2D eigenvalue weighted by atomic mass is 79.9. The maximum absolute atomic E-state index is 5.75. The number of hydrogen-bond donors (Lipinski definition) is 1. The Morgan fingerprint density at radius 3 is 2.88 bits per heavy atom. The quantitative estimate of drug-likeness (QED) is 0.933. The second-order valence-corrected chi connectivity index (χ2v) is 5.12. The fraction of sp³-hybridized carbons (Fsp3) is 0.538. The second kappa shape index (κ2) is 5.74. The molecule has 0 fully saturated rings. The van der Waals surface area contributed by atoms with Gasteiger partial charge in [0.1, 0.15) is 0 Å². The molecule has 0 aliphatic carbocycles. The van der Waals surface area contributed by atoms with Crippen molar-refractivity contribution in [2.24, 2.45) is 5.73 Å². The highest BCUT2D eigenvalue weighted by Gasteiger charge is 2.19. The van der Waals surface area contributed by atoms with Crippen LogP contribution in [0.3, 0.4) is 0 Å². The predicted octanol–water partition coefficient (Wildman–Crippen LogP) is 3.06. The first kappa shape index (κ1) is 12.7. The average Bonchev–Trinajstić information content (AvgIpc) is 2.55. The highest BCUT2D eigenvalue weighted by Crippen LogP contribution is 2.42. The van der Waals surface area contributed by atoms with Crippen LogP contribution in [0, 0.1) is 0 Å². The smallest absolute Gasteiger partial charge is 0.175 e. The molecule has 0 amide bonds. The van der Waals surface area contributed by atoms with E-state index in [-0.39, 0.29) is 0 Å². The first-order valence-corrected chi connectivity index (χ1v) is 6.81. The van der Waals surface area contributed by atoms with E-state index in [1.807, 2.05) is 6.07 Å². The van der Waals surface area contributed by atoms with Gasteiger partial charge in [-0.25, -0.2) is 0 Å². The van der Waals surface area contributed by atoms with Crippen LogP contribution in [0.4, 0.5) is 0 Å². The van der Waals surface area contributed by atoms with Crippen molar-refractivity contribution in [1.82, 2.24) is 0 Å². The summed E-state index contributed by atoms with van der Waals surface area (Å²) in [6, 6.07) is 4.09. The number of nitrogens with two attached hydrogens (primary N) is 1. The van der Waals surface area contributed by atoms with Gasteiger partial charge in [-0.05, 0) is 46.4 Å². The Labute approximate surface area is 110 Å². The molecule has 1 unspecified atom stereocenters. The topological polar surface area (TPSA) is 44.5 Å². The lowest BCUT2D eigenvalue weighted by molar-refractivity contribution is 0.296. The number of fused-ring (bicyclic) bond motifs is 1. The molecule has 1 atom stereocenters. The molecule has 94 valence electrons. The molecule has 4 heteroatoms. The highest BCUT2D eigenvalue weighted by molar-refractivity contribution is 9.10. The van der Waals surface area contributed by atoms with Gasteiger partial charge in [-0.1, -0.05) is 13.0 Å². The summed E-state index contributed by atoms with van der Waals surface area (Å²) in [5, 5.41) is 0. The fourth-order valence-corrected chi connectivity index (χ4v) is 2.84. The predicted molar refractivity (Wildman–Crippen MR) is 71.8 cm³/mol. The molecule has 2 rings (SSSR count). The van der Waals surface area contributed by atoms with Crippen LogP contribution in [-0.4, -0.2) is 19.8 Å². The van der Waals surface area contributed by atoms with Crippen molar-refractivity contribution in [1.29, 1.82) is 0 Å². The van der Waals surface area contributed by atoms with Crippen molar-refractivity contribution < 1.29 is 9.47 Å². The molecule has 17 heavy (non-hydrogen) atoms. The molecule has 0 saturated carbocycles. The molecule has 0 bridgehead atoms. The van der Waals surface area contributed by atoms with Crippen LogP contribution in [0.25, 0.3) is 0 Å². The molecule has 0 spiro atoms. The van der Waals surface area contributed by atoms with E-state index in [0.717, 1.165) is 35.4 Å². The lowest BCUT2D eigenvalue weighted by atomic mass is 9.97. The van der Waals surface area contributed by atoms with E-state index in [1.54, 1.807) is 0 Å². The van der Waals surface area contributed by atoms with Gasteiger partial charge in [-0.15, -0.1) is 0 Å². The lowest BCUT2D eigenvalue weighted by Crippen LogP contribution is -2.06. The summed E-state index contributed by atoms with van der Waals surface area (Å²) >= 11 is 3.63. The van der Waals surface area contributed by atoms with E-state index in [1.165, 1.54) is 5.56 Å². The summed E-state index contributed by atoms with van der Waals surface area (Å²) in [5.41, 5.74) is 6.84. The maximum atomic E-state index is 5.75. The first-order valence-electron chi connectivity index (χ1n) is 6.02. The van der Waals surface area contributed by atoms with Gasteiger partial charge in [0.25, 0.3) is 0 Å². The third kappa shape index (κ3) is 2.75. The third-order valence-corrected chi connectivity index (χ3v) is 3.83. The van der Waals surface area contributed by atoms with Crippen LogP contribution < -0.4 is 15.2 Å². The Morgan fingerprint density at radius 1 is 1.35 bits per heavy atom. The Bertz CT molecular complexity index is 395. The van der Waals surface area contributed by atoms with Crippen molar-refractivity contribution in [3.05, 3.63) is 22.2 Å². The van der Waals surface area contributed by atoms with Crippen molar-refractivity contribution in [3.8, 4) is 11.5 Å². The van der Waals surface area contributed by atoms with E-state index < -0.39 is 0 Å². The number of ether oxygens (including phenoxy) is 2. The van der Waals surface area contributed by atoms with Crippen LogP contribution in [0.5, 0.6) is 11.5 Å². The normalized spacial score (nSPS) is 16.4. The molecular formula is C13H18BrNO2. The Balaban J connectivity index is 2.33. The van der Waals surface area contributed by atoms with Gasteiger partial charge in [-0.2, -0.15) is 0 Å². The zero-order valence-corrected chi connectivity index (χ0v) is 11.6. The summed E-state index contributed by atoms with van der Waals surface area (Å²) in [6.07, 6.45) is 1.90. The van der Waals surface area contributed by atoms with E-state index >= 15 is 0 Å². The Kier molecular flexibility index (Phi) is 4.29. The van der Waals surface area contributed by atoms with Gasteiger partial charge in [0.2, 0.25) is 0 Å². The standard InChI is InChI=1S/C13H18BrNO2/c1-9(5-6-15)10-3-4-11-13(12(10)14)17-8-2-7-16-11/h3-4,9H,2,5-8,15H2,1H3. The van der Waals surface area contributed by atoms with Crippen molar-refractivity contribution in [2.75, 3.05) is 19.8 Å². The van der Waals surface area contributed by atoms with Crippen molar-refractivity contribution in [3.63, 3.8) is 0 Å². The molecular weight excluding hydrogens is 282 g/mol. The van der Waals surface area contributed by atoms with Gasteiger partial charge in [-0.3, -0.25) is 0 Å². The molecule has 1 aromatic rings. The van der Waals surface area contributed by atoms with E-state index in [9.17, 15) is 0 Å². The molecule has 1 heterocycles. The number of halogens is 1. The summed E-state index contributed by atoms with van der Waals surface area (Å²) in [5.74, 6) is 2.09. The monoisotopic (exact) mass is 299 g/mol. The van der Waals surface area contributed by atoms with Crippen molar-refractivity contribution in [2.45, 2.75) is 25.7 Å². The Hall–Kier alpha value is -0.740. The van der Waals surface area contributed by atoms with Gasteiger partial charge >= 0.3 is 0 Å². The molecule has 1 aliphatic rings. The molecule has 1 aromatic carbocycles. The summed E-state index contributed by atoms with van der Waals surface area (Å²) in [6.45, 7) is 4.30. The average molecular weight is 300 g/mol. The SMILES string of the molecule is CC(CCN)c1ccc2c(c1Br)OCCCO2. The first-order chi connectivity index (χ1) is 8.24. The minimum atomic E-state index is 0.423. The Morgan fingerprint density at radius 2 is 2.12 bits per heavy atom. The minimum absolute atomic E-state index is 0.423. The molecule has 3 nitrogen and oxygen atoms in total. The lowest BCUT2D eigenvalue weighted by Gasteiger charge is -2.17. The van der Waals surface area contributed by atoms with Crippen LogP contribution in [0.15, 0.2) is 16.6 Å². The fourth-order valence-electron chi connectivity index (χ4n) is 2.00. The largest absolute Gasteiger partial charge is 0.490 e. The van der Waals surface area contributed by atoms with Crippen LogP contribution in [0.2, 0.25) is 0 Å². The molecule has 0 radical (unpaired) electrons. The summed E-state index contributed by atoms with van der Waals surface area (Å²) in [7, 11) is 0. The molecule has 2 N–H and O–H groups in total. The summed E-state index contributed by atoms with van der Waals surface area (Å²) in [4.78, 5) is 0. The molecule has 1 aliphatic heterocycles. The van der Waals surface area contributed by atoms with Gasteiger partial charge < -0.3 is 15.2 Å².